The molecule has 8 nitrogen and oxygen atoms in total. The fourth-order valence-corrected chi connectivity index (χ4v) is 5.25. The minimum absolute atomic E-state index is 0.0107. The molecule has 1 N–H and O–H groups in total. The van der Waals surface area contributed by atoms with E-state index in [1.807, 2.05) is 6.92 Å². The van der Waals surface area contributed by atoms with Gasteiger partial charge in [-0.2, -0.15) is 9.03 Å². The molecule has 10 heteroatoms. The van der Waals surface area contributed by atoms with Crippen LogP contribution in [0.2, 0.25) is 0 Å². The number of esters is 1. The molecule has 0 spiro atoms. The largest absolute Gasteiger partial charge is 0.468 e. The van der Waals surface area contributed by atoms with Crippen LogP contribution in [-0.4, -0.2) is 53.4 Å². The summed E-state index contributed by atoms with van der Waals surface area (Å²) in [4.78, 5) is 11.8. The lowest BCUT2D eigenvalue weighted by atomic mass is 10.0. The van der Waals surface area contributed by atoms with Crippen LogP contribution in [0.15, 0.2) is 34.1 Å². The second kappa shape index (κ2) is 9.63. The van der Waals surface area contributed by atoms with Gasteiger partial charge in [-0.15, -0.1) is 0 Å². The molecule has 0 radical (unpaired) electrons. The molecule has 0 aliphatic carbocycles. The Morgan fingerprint density at radius 3 is 1.93 bits per heavy atom. The quantitative estimate of drug-likeness (QED) is 0.576. The van der Waals surface area contributed by atoms with E-state index < -0.39 is 32.1 Å². The van der Waals surface area contributed by atoms with Gasteiger partial charge >= 0.3 is 5.97 Å². The smallest absolute Gasteiger partial charge is 0.324 e. The number of carbonyl (C=O) groups is 1. The number of hydrogen-bond acceptors (Lipinski definition) is 6. The third-order valence-corrected chi connectivity index (χ3v) is 7.95. The number of nitrogens with one attached hydrogen (secondary N) is 1. The molecule has 27 heavy (non-hydrogen) atoms. The molecule has 0 aliphatic heterocycles. The van der Waals surface area contributed by atoms with Gasteiger partial charge in [0.25, 0.3) is 0 Å². The van der Waals surface area contributed by atoms with E-state index in [2.05, 4.69) is 9.46 Å². The lowest BCUT2D eigenvalue weighted by Crippen LogP contribution is -2.45. The fourth-order valence-electron chi connectivity index (χ4n) is 2.50. The molecule has 0 aliphatic rings. The second-order valence-corrected chi connectivity index (χ2v) is 9.72. The van der Waals surface area contributed by atoms with Gasteiger partial charge in [-0.25, -0.2) is 16.8 Å². The van der Waals surface area contributed by atoms with Crippen molar-refractivity contribution in [1.29, 1.82) is 0 Å². The highest BCUT2D eigenvalue weighted by Gasteiger charge is 2.31. The van der Waals surface area contributed by atoms with Gasteiger partial charge in [0.2, 0.25) is 20.0 Å². The zero-order valence-electron chi connectivity index (χ0n) is 16.3. The van der Waals surface area contributed by atoms with Crippen molar-refractivity contribution < 1.29 is 26.4 Å². The predicted octanol–water partition coefficient (Wildman–Crippen LogP) is 1.58. The van der Waals surface area contributed by atoms with Gasteiger partial charge in [0, 0.05) is 13.1 Å². The van der Waals surface area contributed by atoms with Crippen molar-refractivity contribution in [2.24, 2.45) is 5.92 Å². The maximum atomic E-state index is 12.6. The molecule has 0 heterocycles. The highest BCUT2D eigenvalue weighted by Crippen LogP contribution is 2.20. The van der Waals surface area contributed by atoms with Crippen LogP contribution in [0.5, 0.6) is 0 Å². The molecule has 0 bridgehead atoms. The Morgan fingerprint density at radius 2 is 1.52 bits per heavy atom. The number of hydrogen-bond donors (Lipinski definition) is 1. The van der Waals surface area contributed by atoms with Gasteiger partial charge in [0.1, 0.15) is 6.04 Å². The monoisotopic (exact) mass is 420 g/mol. The standard InChI is InChI=1S/C17H28N2O6S2/c1-6-13(4)16(17(20)25-5)18-26(21,22)14-9-11-15(12-10-14)27(23,24)19(7-2)8-3/h9-13,16,18H,6-8H2,1-5H3/t13-,16-/m0/s1. The third kappa shape index (κ3) is 5.50. The fraction of sp³-hybridized carbons (Fsp3) is 0.588. The second-order valence-electron chi connectivity index (χ2n) is 6.07. The zero-order chi connectivity index (χ0) is 20.8. The molecule has 0 aromatic heterocycles. The summed E-state index contributed by atoms with van der Waals surface area (Å²) in [6.45, 7) is 7.66. The van der Waals surface area contributed by atoms with Gasteiger partial charge < -0.3 is 4.74 Å². The number of carbonyl (C=O) groups excluding carboxylic acids is 1. The van der Waals surface area contributed by atoms with E-state index in [9.17, 15) is 21.6 Å². The minimum Gasteiger partial charge on any atom is -0.468 e. The van der Waals surface area contributed by atoms with Crippen molar-refractivity contribution in [1.82, 2.24) is 9.03 Å². The van der Waals surface area contributed by atoms with E-state index in [4.69, 9.17) is 0 Å². The van der Waals surface area contributed by atoms with Crippen LogP contribution in [0.1, 0.15) is 34.1 Å². The van der Waals surface area contributed by atoms with E-state index >= 15 is 0 Å². The molecule has 0 fully saturated rings. The van der Waals surface area contributed by atoms with Crippen molar-refractivity contribution in [3.63, 3.8) is 0 Å². The summed E-state index contributed by atoms with van der Waals surface area (Å²) in [5.74, 6) is -0.941. The lowest BCUT2D eigenvalue weighted by Gasteiger charge is -2.22. The normalized spacial score (nSPS) is 14.7. The summed E-state index contributed by atoms with van der Waals surface area (Å²) in [5, 5.41) is 0. The van der Waals surface area contributed by atoms with Crippen LogP contribution in [0, 0.1) is 5.92 Å². The number of sulfonamides is 2. The number of benzene rings is 1. The maximum absolute atomic E-state index is 12.6. The van der Waals surface area contributed by atoms with Crippen molar-refractivity contribution in [3.8, 4) is 0 Å². The van der Waals surface area contributed by atoms with E-state index in [0.29, 0.717) is 19.5 Å². The molecule has 0 saturated heterocycles. The van der Waals surface area contributed by atoms with E-state index in [1.54, 1.807) is 20.8 Å². The number of methoxy groups -OCH3 is 1. The molecule has 1 aromatic rings. The van der Waals surface area contributed by atoms with Crippen molar-refractivity contribution in [2.45, 2.75) is 49.9 Å². The lowest BCUT2D eigenvalue weighted by molar-refractivity contribution is -0.143. The van der Waals surface area contributed by atoms with Gasteiger partial charge in [-0.3, -0.25) is 4.79 Å². The zero-order valence-corrected chi connectivity index (χ0v) is 17.9. The van der Waals surface area contributed by atoms with E-state index in [1.165, 1.54) is 35.7 Å². The van der Waals surface area contributed by atoms with Gasteiger partial charge in [-0.05, 0) is 30.2 Å². The molecular weight excluding hydrogens is 392 g/mol. The highest BCUT2D eigenvalue weighted by molar-refractivity contribution is 7.89. The number of nitrogens with zero attached hydrogens (tertiary/aromatic N) is 1. The topological polar surface area (TPSA) is 110 Å². The average molecular weight is 421 g/mol. The molecule has 1 aromatic carbocycles. The predicted molar refractivity (Wildman–Crippen MR) is 102 cm³/mol. The maximum Gasteiger partial charge on any atom is 0.324 e. The van der Waals surface area contributed by atoms with Crippen molar-refractivity contribution >= 4 is 26.0 Å². The molecule has 154 valence electrons. The summed E-state index contributed by atoms with van der Waals surface area (Å²) in [7, 11) is -6.51. The van der Waals surface area contributed by atoms with E-state index in [-0.39, 0.29) is 15.7 Å². The van der Waals surface area contributed by atoms with Gasteiger partial charge in [0.15, 0.2) is 0 Å². The van der Waals surface area contributed by atoms with Crippen molar-refractivity contribution in [3.05, 3.63) is 24.3 Å². The van der Waals surface area contributed by atoms with Crippen LogP contribution in [0.3, 0.4) is 0 Å². The van der Waals surface area contributed by atoms with E-state index in [0.717, 1.165) is 0 Å². The van der Waals surface area contributed by atoms with Crippen LogP contribution in [0.4, 0.5) is 0 Å². The third-order valence-electron chi connectivity index (χ3n) is 4.43. The van der Waals surface area contributed by atoms with Gasteiger partial charge in [-0.1, -0.05) is 34.1 Å². The summed E-state index contributed by atoms with van der Waals surface area (Å²) >= 11 is 0. The first kappa shape index (κ1) is 23.5. The Bertz CT molecular complexity index is 831. The Kier molecular flexibility index (Phi) is 8.40. The highest BCUT2D eigenvalue weighted by atomic mass is 32.2. The van der Waals surface area contributed by atoms with Crippen LogP contribution < -0.4 is 4.72 Å². The Labute approximate surface area is 162 Å². The Balaban J connectivity index is 3.17. The Hall–Kier alpha value is -1.49. The number of ether oxygens (including phenoxy) is 1. The molecule has 1 rings (SSSR count). The van der Waals surface area contributed by atoms with Crippen LogP contribution in [0.25, 0.3) is 0 Å². The summed E-state index contributed by atoms with van der Waals surface area (Å²) in [6.07, 6.45) is 0.573. The first-order valence-corrected chi connectivity index (χ1v) is 11.7. The molecule has 0 saturated carbocycles. The summed E-state index contributed by atoms with van der Waals surface area (Å²) < 4.78 is 58.5. The minimum atomic E-state index is -4.02. The summed E-state index contributed by atoms with van der Waals surface area (Å²) in [5.41, 5.74) is 0. The first-order chi connectivity index (χ1) is 12.5. The molecular formula is C17H28N2O6S2. The molecule has 0 unspecified atom stereocenters. The SMILES string of the molecule is CC[C@H](C)[C@H](NS(=O)(=O)c1ccc(S(=O)(=O)N(CC)CC)cc1)C(=O)OC. The van der Waals surface area contributed by atoms with Crippen LogP contribution >= 0.6 is 0 Å². The van der Waals surface area contributed by atoms with Crippen molar-refractivity contribution in [2.75, 3.05) is 20.2 Å². The molecule has 2 atom stereocenters. The molecule has 0 amide bonds. The Morgan fingerprint density at radius 1 is 1.04 bits per heavy atom. The van der Waals surface area contributed by atoms with Crippen LogP contribution in [-0.2, 0) is 29.6 Å². The first-order valence-electron chi connectivity index (χ1n) is 8.75. The van der Waals surface area contributed by atoms with Gasteiger partial charge in [0.05, 0.1) is 16.9 Å². The number of rotatable bonds is 10. The summed E-state index contributed by atoms with van der Waals surface area (Å²) in [6, 6.07) is 3.90. The average Bonchev–Trinajstić information content (AvgIpc) is 2.65.